The zero-order chi connectivity index (χ0) is 12.2. The van der Waals surface area contributed by atoms with Gasteiger partial charge in [-0.05, 0) is 24.3 Å². The van der Waals surface area contributed by atoms with Crippen molar-refractivity contribution in [3.8, 4) is 0 Å². The predicted octanol–water partition coefficient (Wildman–Crippen LogP) is 4.85. The minimum Gasteiger partial charge on any atom is -0.357 e. The Labute approximate surface area is 119 Å². The van der Waals surface area contributed by atoms with E-state index in [1.165, 1.54) is 0 Å². The van der Waals surface area contributed by atoms with Crippen LogP contribution in [0.15, 0.2) is 34.3 Å². The Kier molecular flexibility index (Phi) is 2.92. The first-order chi connectivity index (χ1) is 8.08. The van der Waals surface area contributed by atoms with E-state index in [0.29, 0.717) is 20.1 Å². The van der Waals surface area contributed by atoms with Gasteiger partial charge in [-0.1, -0.05) is 46.4 Å². The summed E-state index contributed by atoms with van der Waals surface area (Å²) in [5.41, 5.74) is 1.55. The molecule has 1 fully saturated rings. The van der Waals surface area contributed by atoms with Crippen molar-refractivity contribution in [1.82, 2.24) is 0 Å². The Morgan fingerprint density at radius 3 is 2.53 bits per heavy atom. The van der Waals surface area contributed by atoms with Gasteiger partial charge in [-0.2, -0.15) is 0 Å². The number of fused-ring (bicyclic) bond motifs is 1. The molecule has 1 aromatic carbocycles. The summed E-state index contributed by atoms with van der Waals surface area (Å²) >= 11 is 24.4. The first-order valence-corrected chi connectivity index (χ1v) is 6.47. The van der Waals surface area contributed by atoms with Gasteiger partial charge in [0.25, 0.3) is 0 Å². The molecular weight excluding hydrogens is 302 g/mol. The molecule has 3 rings (SSSR count). The van der Waals surface area contributed by atoms with Crippen LogP contribution in [0, 0.1) is 0 Å². The second-order valence-electron chi connectivity index (χ2n) is 3.89. The summed E-state index contributed by atoms with van der Waals surface area (Å²) < 4.78 is 5.36. The van der Waals surface area contributed by atoms with Crippen molar-refractivity contribution < 1.29 is 4.74 Å². The number of halogens is 4. The molecule has 0 aromatic heterocycles. The van der Waals surface area contributed by atoms with Gasteiger partial charge in [0, 0.05) is 21.2 Å². The Bertz CT molecular complexity index is 562. The van der Waals surface area contributed by atoms with E-state index in [0.717, 1.165) is 11.1 Å². The highest BCUT2D eigenvalue weighted by atomic mass is 35.5. The van der Waals surface area contributed by atoms with Crippen molar-refractivity contribution in [1.29, 1.82) is 0 Å². The van der Waals surface area contributed by atoms with Crippen molar-refractivity contribution in [2.45, 2.75) is 12.2 Å². The van der Waals surface area contributed by atoms with Crippen molar-refractivity contribution in [2.24, 2.45) is 0 Å². The van der Waals surface area contributed by atoms with E-state index in [2.05, 4.69) is 0 Å². The summed E-state index contributed by atoms with van der Waals surface area (Å²) in [6, 6.07) is 5.23. The summed E-state index contributed by atoms with van der Waals surface area (Å²) in [4.78, 5) is 0. The quantitative estimate of drug-likeness (QED) is 0.676. The first-order valence-electron chi connectivity index (χ1n) is 4.95. The second-order valence-corrected chi connectivity index (χ2v) is 5.58. The second kappa shape index (κ2) is 4.18. The summed E-state index contributed by atoms with van der Waals surface area (Å²) in [7, 11) is 0. The lowest BCUT2D eigenvalue weighted by atomic mass is 9.99. The van der Waals surface area contributed by atoms with Crippen molar-refractivity contribution in [3.63, 3.8) is 0 Å². The lowest BCUT2D eigenvalue weighted by Gasteiger charge is -2.12. The number of benzene rings is 1. The molecule has 0 bridgehead atoms. The standard InChI is InChI=1S/C12H6Cl4O/c13-5-1-2-8(14)6(3-5)7-4-9(15)11-12(17-11)10(7)16/h1-4,11-12H/t11-,12+/m0/s1. The molecule has 17 heavy (non-hydrogen) atoms. The van der Waals surface area contributed by atoms with Gasteiger partial charge in [0.2, 0.25) is 0 Å². The van der Waals surface area contributed by atoms with Crippen LogP contribution < -0.4 is 0 Å². The lowest BCUT2D eigenvalue weighted by molar-refractivity contribution is 0.410. The highest BCUT2D eigenvalue weighted by molar-refractivity contribution is 6.39. The van der Waals surface area contributed by atoms with E-state index in [9.17, 15) is 0 Å². The van der Waals surface area contributed by atoms with Crippen LogP contribution in [0.25, 0.3) is 5.57 Å². The minimum atomic E-state index is -0.126. The molecule has 0 unspecified atom stereocenters. The van der Waals surface area contributed by atoms with E-state index in [1.807, 2.05) is 0 Å². The largest absolute Gasteiger partial charge is 0.357 e. The minimum absolute atomic E-state index is 0.0779. The van der Waals surface area contributed by atoms with Crippen LogP contribution in [0.4, 0.5) is 0 Å². The van der Waals surface area contributed by atoms with Gasteiger partial charge in [-0.15, -0.1) is 0 Å². The fourth-order valence-electron chi connectivity index (χ4n) is 1.87. The van der Waals surface area contributed by atoms with Gasteiger partial charge in [0.1, 0.15) is 12.2 Å². The van der Waals surface area contributed by atoms with Crippen molar-refractivity contribution >= 4 is 52.0 Å². The van der Waals surface area contributed by atoms with E-state index >= 15 is 0 Å². The molecule has 2 aliphatic rings. The summed E-state index contributed by atoms with van der Waals surface area (Å²) in [5, 5.41) is 2.46. The molecule has 0 radical (unpaired) electrons. The SMILES string of the molecule is ClC1=CC(c2cc(Cl)ccc2Cl)=C(Cl)[C@H]2O[C@@H]12. The third kappa shape index (κ3) is 2.00. The summed E-state index contributed by atoms with van der Waals surface area (Å²) in [6.45, 7) is 0. The van der Waals surface area contributed by atoms with Gasteiger partial charge < -0.3 is 4.74 Å². The van der Waals surface area contributed by atoms with Crippen LogP contribution in [0.1, 0.15) is 5.56 Å². The smallest absolute Gasteiger partial charge is 0.126 e. The molecule has 2 atom stereocenters. The molecule has 0 N–H and O–H groups in total. The average molecular weight is 308 g/mol. The predicted molar refractivity (Wildman–Crippen MR) is 71.8 cm³/mol. The van der Waals surface area contributed by atoms with E-state index in [1.54, 1.807) is 24.3 Å². The summed E-state index contributed by atoms with van der Waals surface area (Å²) in [6.07, 6.45) is 1.58. The normalized spacial score (nSPS) is 26.7. The van der Waals surface area contributed by atoms with E-state index < -0.39 is 0 Å². The maximum atomic E-state index is 6.25. The third-order valence-electron chi connectivity index (χ3n) is 2.77. The van der Waals surface area contributed by atoms with Crippen molar-refractivity contribution in [3.05, 3.63) is 49.9 Å². The van der Waals surface area contributed by atoms with Crippen LogP contribution in [0.2, 0.25) is 10.0 Å². The van der Waals surface area contributed by atoms with Gasteiger partial charge in [-0.25, -0.2) is 0 Å². The Balaban J connectivity index is 2.15. The lowest BCUT2D eigenvalue weighted by Crippen LogP contribution is -2.03. The van der Waals surface area contributed by atoms with Crippen LogP contribution in [-0.2, 0) is 4.74 Å². The monoisotopic (exact) mass is 306 g/mol. The highest BCUT2D eigenvalue weighted by Gasteiger charge is 2.47. The van der Waals surface area contributed by atoms with Gasteiger partial charge in [0.15, 0.2) is 0 Å². The van der Waals surface area contributed by atoms with Crippen LogP contribution in [0.3, 0.4) is 0 Å². The molecule has 1 aliphatic carbocycles. The summed E-state index contributed by atoms with van der Waals surface area (Å²) in [5.74, 6) is 0. The maximum Gasteiger partial charge on any atom is 0.126 e. The molecule has 0 spiro atoms. The van der Waals surface area contributed by atoms with Gasteiger partial charge in [0.05, 0.1) is 10.1 Å². The Hall–Kier alpha value is -0.180. The maximum absolute atomic E-state index is 6.25. The number of epoxide rings is 1. The number of ether oxygens (including phenoxy) is 1. The highest BCUT2D eigenvalue weighted by Crippen LogP contribution is 2.47. The third-order valence-corrected chi connectivity index (χ3v) is 4.08. The number of allylic oxidation sites excluding steroid dienone is 2. The Morgan fingerprint density at radius 1 is 1.00 bits per heavy atom. The fourth-order valence-corrected chi connectivity index (χ4v) is 2.86. The van der Waals surface area contributed by atoms with E-state index in [-0.39, 0.29) is 12.2 Å². The molecule has 1 aliphatic heterocycles. The molecular formula is C12H6Cl4O. The number of hydrogen-bond acceptors (Lipinski definition) is 1. The molecule has 88 valence electrons. The molecule has 1 saturated heterocycles. The fraction of sp³-hybridized carbons (Fsp3) is 0.167. The number of hydrogen-bond donors (Lipinski definition) is 0. The van der Waals surface area contributed by atoms with Gasteiger partial charge >= 0.3 is 0 Å². The molecule has 0 saturated carbocycles. The zero-order valence-electron chi connectivity index (χ0n) is 8.38. The van der Waals surface area contributed by atoms with Crippen molar-refractivity contribution in [2.75, 3.05) is 0 Å². The Morgan fingerprint density at radius 2 is 1.76 bits per heavy atom. The average Bonchev–Trinajstić information content (AvgIpc) is 3.08. The topological polar surface area (TPSA) is 12.5 Å². The molecule has 0 amide bonds. The molecule has 5 heteroatoms. The molecule has 1 heterocycles. The zero-order valence-corrected chi connectivity index (χ0v) is 11.4. The first kappa shape index (κ1) is 11.9. The number of rotatable bonds is 1. The molecule has 1 aromatic rings. The van der Waals surface area contributed by atoms with E-state index in [4.69, 9.17) is 51.1 Å². The van der Waals surface area contributed by atoms with Crippen LogP contribution >= 0.6 is 46.4 Å². The van der Waals surface area contributed by atoms with Gasteiger partial charge in [-0.3, -0.25) is 0 Å². The molecule has 1 nitrogen and oxygen atoms in total. The van der Waals surface area contributed by atoms with Crippen LogP contribution in [-0.4, -0.2) is 12.2 Å². The van der Waals surface area contributed by atoms with Crippen LogP contribution in [0.5, 0.6) is 0 Å².